The lowest BCUT2D eigenvalue weighted by Crippen LogP contribution is -2.38. The first-order chi connectivity index (χ1) is 19.8. The first-order valence-corrected chi connectivity index (χ1v) is 14.9. The summed E-state index contributed by atoms with van der Waals surface area (Å²) in [6, 6.07) is 19.3. The highest BCUT2D eigenvalue weighted by atomic mass is 32.2. The van der Waals surface area contributed by atoms with Gasteiger partial charge in [0, 0.05) is 51.4 Å². The molecule has 0 unspecified atom stereocenters. The smallest absolute Gasteiger partial charge is 0.295 e. The lowest BCUT2D eigenvalue weighted by atomic mass is 10.0. The zero-order valence-corrected chi connectivity index (χ0v) is 24.6. The van der Waals surface area contributed by atoms with Crippen molar-refractivity contribution in [2.75, 3.05) is 46.7 Å². The fourth-order valence-corrected chi connectivity index (χ4v) is 5.81. The van der Waals surface area contributed by atoms with Gasteiger partial charge in [-0.1, -0.05) is 30.3 Å². The maximum Gasteiger partial charge on any atom is 0.295 e. The molecule has 10 nitrogen and oxygen atoms in total. The number of fused-ring (bicyclic) bond motifs is 1. The number of piperidine rings is 1. The summed E-state index contributed by atoms with van der Waals surface area (Å²) >= 11 is 0. The summed E-state index contributed by atoms with van der Waals surface area (Å²) in [5.41, 5.74) is 3.17. The number of nitrogens with zero attached hydrogens (tertiary/aromatic N) is 3. The summed E-state index contributed by atoms with van der Waals surface area (Å²) < 4.78 is 49.3. The van der Waals surface area contributed by atoms with Crippen molar-refractivity contribution >= 4 is 27.1 Å². The van der Waals surface area contributed by atoms with Crippen LogP contribution in [0.15, 0.2) is 70.0 Å². The standard InChI is InChI=1S/C30H36N4O6S/c1-33(2)41(35,36)24-10-11-26-25(17-24)32-30(40-26)31-23-12-14-34(15-13-23)19-22-16-28(37-3)29(38-4)18-27(22)39-20-21-8-6-5-7-9-21/h5-11,16-18,23H,12-15,19-20H2,1-4H3,(H,31,32). The second-order valence-corrected chi connectivity index (χ2v) is 12.4. The van der Waals surface area contributed by atoms with Crippen LogP contribution in [0.25, 0.3) is 11.1 Å². The van der Waals surface area contributed by atoms with E-state index < -0.39 is 10.0 Å². The zero-order chi connectivity index (χ0) is 29.0. The van der Waals surface area contributed by atoms with Gasteiger partial charge < -0.3 is 23.9 Å². The molecule has 1 N–H and O–H groups in total. The molecule has 1 fully saturated rings. The van der Waals surface area contributed by atoms with Crippen molar-refractivity contribution < 1.29 is 27.0 Å². The first kappa shape index (κ1) is 28.7. The highest BCUT2D eigenvalue weighted by Gasteiger charge is 2.24. The van der Waals surface area contributed by atoms with Gasteiger partial charge in [-0.15, -0.1) is 0 Å². The minimum atomic E-state index is -3.55. The van der Waals surface area contributed by atoms with Gasteiger partial charge in [-0.2, -0.15) is 4.98 Å². The first-order valence-electron chi connectivity index (χ1n) is 13.5. The maximum absolute atomic E-state index is 12.5. The van der Waals surface area contributed by atoms with Gasteiger partial charge in [0.15, 0.2) is 17.1 Å². The molecule has 0 atom stereocenters. The Morgan fingerprint density at radius 3 is 2.37 bits per heavy atom. The van der Waals surface area contributed by atoms with E-state index in [1.54, 1.807) is 26.4 Å². The molecule has 1 aliphatic rings. The van der Waals surface area contributed by atoms with E-state index in [9.17, 15) is 8.42 Å². The molecule has 1 aliphatic heterocycles. The number of sulfonamides is 1. The molecule has 0 radical (unpaired) electrons. The Labute approximate surface area is 240 Å². The predicted molar refractivity (Wildman–Crippen MR) is 157 cm³/mol. The molecule has 1 saturated heterocycles. The third kappa shape index (κ3) is 6.58. The van der Waals surface area contributed by atoms with Crippen LogP contribution in [0, 0.1) is 0 Å². The largest absolute Gasteiger partial charge is 0.493 e. The van der Waals surface area contributed by atoms with Crippen LogP contribution < -0.4 is 19.5 Å². The van der Waals surface area contributed by atoms with E-state index in [2.05, 4.69) is 15.2 Å². The number of hydrogen-bond acceptors (Lipinski definition) is 9. The summed E-state index contributed by atoms with van der Waals surface area (Å²) in [7, 11) is 2.72. The SMILES string of the molecule is COc1cc(CN2CCC(Nc3nc4cc(S(=O)(=O)N(C)C)ccc4o3)CC2)c(OCc2ccccc2)cc1OC. The highest BCUT2D eigenvalue weighted by Crippen LogP contribution is 2.36. The van der Waals surface area contributed by atoms with Crippen molar-refractivity contribution in [3.8, 4) is 17.2 Å². The van der Waals surface area contributed by atoms with Gasteiger partial charge >= 0.3 is 0 Å². The van der Waals surface area contributed by atoms with E-state index in [0.717, 1.165) is 42.8 Å². The number of methoxy groups -OCH3 is 2. The van der Waals surface area contributed by atoms with Crippen molar-refractivity contribution in [1.82, 2.24) is 14.2 Å². The molecule has 0 amide bonds. The second kappa shape index (κ2) is 12.4. The molecule has 0 aliphatic carbocycles. The molecule has 11 heteroatoms. The number of benzene rings is 3. The fraction of sp³-hybridized carbons (Fsp3) is 0.367. The van der Waals surface area contributed by atoms with Crippen molar-refractivity contribution in [3.63, 3.8) is 0 Å². The fourth-order valence-electron chi connectivity index (χ4n) is 4.89. The van der Waals surface area contributed by atoms with E-state index >= 15 is 0 Å². The Balaban J connectivity index is 1.23. The van der Waals surface area contributed by atoms with Crippen LogP contribution in [0.4, 0.5) is 6.01 Å². The minimum Gasteiger partial charge on any atom is -0.493 e. The molecular formula is C30H36N4O6S. The van der Waals surface area contributed by atoms with Crippen LogP contribution in [-0.4, -0.2) is 70.1 Å². The van der Waals surface area contributed by atoms with Crippen molar-refractivity contribution in [2.45, 2.75) is 36.9 Å². The van der Waals surface area contributed by atoms with Crippen LogP contribution in [0.1, 0.15) is 24.0 Å². The van der Waals surface area contributed by atoms with Gasteiger partial charge in [0.2, 0.25) is 10.0 Å². The second-order valence-electron chi connectivity index (χ2n) is 10.2. The summed E-state index contributed by atoms with van der Waals surface area (Å²) in [5.74, 6) is 2.07. The minimum absolute atomic E-state index is 0.184. The van der Waals surface area contributed by atoms with E-state index in [1.807, 2.05) is 42.5 Å². The normalized spacial score (nSPS) is 14.9. The van der Waals surface area contributed by atoms with Crippen molar-refractivity contribution in [2.24, 2.45) is 0 Å². The van der Waals surface area contributed by atoms with Crippen LogP contribution in [0.5, 0.6) is 17.2 Å². The summed E-state index contributed by atoms with van der Waals surface area (Å²) in [6.45, 7) is 2.91. The lowest BCUT2D eigenvalue weighted by molar-refractivity contribution is 0.205. The van der Waals surface area contributed by atoms with E-state index in [0.29, 0.717) is 41.8 Å². The van der Waals surface area contributed by atoms with Gasteiger partial charge in [0.25, 0.3) is 6.01 Å². The Hall–Kier alpha value is -3.80. The van der Waals surface area contributed by atoms with E-state index in [-0.39, 0.29) is 10.9 Å². The number of rotatable bonds is 11. The Bertz CT molecular complexity index is 1580. The number of anilines is 1. The lowest BCUT2D eigenvalue weighted by Gasteiger charge is -2.32. The van der Waals surface area contributed by atoms with Crippen LogP contribution in [-0.2, 0) is 23.2 Å². The van der Waals surface area contributed by atoms with E-state index in [4.69, 9.17) is 18.6 Å². The number of hydrogen-bond donors (Lipinski definition) is 1. The summed E-state index contributed by atoms with van der Waals surface area (Å²) in [6.07, 6.45) is 1.79. The molecule has 0 spiro atoms. The molecule has 41 heavy (non-hydrogen) atoms. The predicted octanol–water partition coefficient (Wildman–Crippen LogP) is 4.75. The van der Waals surface area contributed by atoms with Crippen LogP contribution in [0.2, 0.25) is 0 Å². The molecule has 4 aromatic rings. The molecule has 3 aromatic carbocycles. The van der Waals surface area contributed by atoms with Gasteiger partial charge in [0.05, 0.1) is 19.1 Å². The maximum atomic E-state index is 12.5. The van der Waals surface area contributed by atoms with Gasteiger partial charge in [-0.25, -0.2) is 12.7 Å². The molecule has 0 saturated carbocycles. The monoisotopic (exact) mass is 580 g/mol. The number of aromatic nitrogens is 1. The molecule has 0 bridgehead atoms. The molecule has 1 aromatic heterocycles. The highest BCUT2D eigenvalue weighted by molar-refractivity contribution is 7.89. The Morgan fingerprint density at radius 1 is 0.976 bits per heavy atom. The van der Waals surface area contributed by atoms with Crippen LogP contribution >= 0.6 is 0 Å². The number of oxazole rings is 1. The summed E-state index contributed by atoms with van der Waals surface area (Å²) in [4.78, 5) is 7.08. The molecular weight excluding hydrogens is 544 g/mol. The quantitative estimate of drug-likeness (QED) is 0.269. The van der Waals surface area contributed by atoms with Crippen molar-refractivity contribution in [3.05, 3.63) is 71.8 Å². The summed E-state index contributed by atoms with van der Waals surface area (Å²) in [5, 5.41) is 3.39. The Kier molecular flexibility index (Phi) is 8.67. The topological polar surface area (TPSA) is 106 Å². The number of likely N-dealkylation sites (tertiary alicyclic amines) is 1. The average Bonchev–Trinajstić information content (AvgIpc) is 3.39. The average molecular weight is 581 g/mol. The number of nitrogens with one attached hydrogen (secondary N) is 1. The zero-order valence-electron chi connectivity index (χ0n) is 23.8. The van der Waals surface area contributed by atoms with Gasteiger partial charge in [0.1, 0.15) is 17.9 Å². The van der Waals surface area contributed by atoms with E-state index in [1.165, 1.54) is 24.5 Å². The molecule has 2 heterocycles. The van der Waals surface area contributed by atoms with Gasteiger partial charge in [-0.3, -0.25) is 4.90 Å². The third-order valence-electron chi connectivity index (χ3n) is 7.25. The van der Waals surface area contributed by atoms with Gasteiger partial charge in [-0.05, 0) is 42.7 Å². The van der Waals surface area contributed by atoms with Crippen LogP contribution in [0.3, 0.4) is 0 Å². The third-order valence-corrected chi connectivity index (χ3v) is 9.06. The van der Waals surface area contributed by atoms with Crippen molar-refractivity contribution in [1.29, 1.82) is 0 Å². The molecule has 5 rings (SSSR count). The number of ether oxygens (including phenoxy) is 3. The molecule has 218 valence electrons. The Morgan fingerprint density at radius 2 is 1.68 bits per heavy atom.